The second-order valence-electron chi connectivity index (χ2n) is 4.02. The number of aliphatic hydroxyl groups excluding tert-OH is 1. The molecule has 1 aromatic carbocycles. The lowest BCUT2D eigenvalue weighted by Gasteiger charge is -2.20. The zero-order valence-electron chi connectivity index (χ0n) is 10.7. The normalized spacial score (nSPS) is 10.0. The third-order valence-electron chi connectivity index (χ3n) is 2.66. The third kappa shape index (κ3) is 3.62. The molecule has 0 unspecified atom stereocenters. The molecule has 0 fully saturated rings. The summed E-state index contributed by atoms with van der Waals surface area (Å²) in [5.41, 5.74) is 0.874. The van der Waals surface area contributed by atoms with E-state index in [1.807, 2.05) is 0 Å². The lowest BCUT2D eigenvalue weighted by atomic mass is 10.1. The molecule has 0 heterocycles. The van der Waals surface area contributed by atoms with Crippen LogP contribution in [0.2, 0.25) is 0 Å². The number of carbonyl (C=O) groups is 1. The first-order chi connectivity index (χ1) is 9.01. The molecule has 102 valence electrons. The minimum Gasteiger partial charge on any atom is -0.395 e. The maximum absolute atomic E-state index is 12.2. The van der Waals surface area contributed by atoms with Crippen molar-refractivity contribution in [3.63, 3.8) is 0 Å². The van der Waals surface area contributed by atoms with Crippen LogP contribution in [0.4, 0.5) is 5.69 Å². The van der Waals surface area contributed by atoms with Crippen molar-refractivity contribution in [3.05, 3.63) is 52.1 Å². The van der Waals surface area contributed by atoms with E-state index in [1.165, 1.54) is 23.1 Å². The average Bonchev–Trinajstić information content (AvgIpc) is 2.37. The summed E-state index contributed by atoms with van der Waals surface area (Å²) in [5.74, 6) is -0.277. The van der Waals surface area contributed by atoms with E-state index in [1.54, 1.807) is 13.0 Å². The van der Waals surface area contributed by atoms with Crippen LogP contribution < -0.4 is 0 Å². The van der Waals surface area contributed by atoms with Gasteiger partial charge in [-0.05, 0) is 18.6 Å². The van der Waals surface area contributed by atoms with Crippen LogP contribution in [0.25, 0.3) is 0 Å². The fourth-order valence-corrected chi connectivity index (χ4v) is 1.72. The van der Waals surface area contributed by atoms with Gasteiger partial charge in [-0.15, -0.1) is 6.58 Å². The molecule has 0 aliphatic rings. The Bertz CT molecular complexity index is 499. The Morgan fingerprint density at radius 3 is 2.74 bits per heavy atom. The van der Waals surface area contributed by atoms with Crippen molar-refractivity contribution >= 4 is 11.6 Å². The number of aliphatic hydroxyl groups is 1. The number of amides is 1. The molecule has 1 amide bonds. The van der Waals surface area contributed by atoms with E-state index < -0.39 is 4.92 Å². The summed E-state index contributed by atoms with van der Waals surface area (Å²) < 4.78 is 0. The molecule has 6 heteroatoms. The topological polar surface area (TPSA) is 83.7 Å². The molecule has 0 aromatic heterocycles. The molecule has 1 rings (SSSR count). The number of hydrogen-bond donors (Lipinski definition) is 1. The van der Waals surface area contributed by atoms with E-state index in [0.717, 1.165) is 0 Å². The molecular weight excluding hydrogens is 248 g/mol. The molecule has 19 heavy (non-hydrogen) atoms. The Morgan fingerprint density at radius 2 is 2.26 bits per heavy atom. The number of nitrogens with zero attached hydrogens (tertiary/aromatic N) is 2. The molecule has 0 saturated carbocycles. The zero-order chi connectivity index (χ0) is 14.4. The Labute approximate surface area is 111 Å². The highest BCUT2D eigenvalue weighted by molar-refractivity contribution is 5.96. The van der Waals surface area contributed by atoms with Gasteiger partial charge in [-0.3, -0.25) is 14.9 Å². The smallest absolute Gasteiger partial charge is 0.269 e. The van der Waals surface area contributed by atoms with Gasteiger partial charge in [0.25, 0.3) is 11.6 Å². The van der Waals surface area contributed by atoms with Crippen molar-refractivity contribution in [2.75, 3.05) is 19.7 Å². The van der Waals surface area contributed by atoms with Crippen LogP contribution in [0, 0.1) is 17.0 Å². The summed E-state index contributed by atoms with van der Waals surface area (Å²) in [6.45, 7) is 5.56. The van der Waals surface area contributed by atoms with Crippen molar-refractivity contribution in [3.8, 4) is 0 Å². The number of aryl methyl sites for hydroxylation is 1. The van der Waals surface area contributed by atoms with Gasteiger partial charge in [0.1, 0.15) is 0 Å². The summed E-state index contributed by atoms with van der Waals surface area (Å²) in [6.07, 6.45) is 1.56. The average molecular weight is 264 g/mol. The highest BCUT2D eigenvalue weighted by atomic mass is 16.6. The van der Waals surface area contributed by atoms with Crippen molar-refractivity contribution in [1.82, 2.24) is 4.90 Å². The summed E-state index contributed by atoms with van der Waals surface area (Å²) in [4.78, 5) is 23.8. The molecule has 1 N–H and O–H groups in total. The molecule has 0 bridgehead atoms. The van der Waals surface area contributed by atoms with E-state index in [4.69, 9.17) is 5.11 Å². The molecular formula is C13H16N2O4. The molecule has 0 aliphatic carbocycles. The van der Waals surface area contributed by atoms with Crippen LogP contribution in [0.1, 0.15) is 15.9 Å². The predicted octanol–water partition coefficient (Wildman–Crippen LogP) is 1.52. The number of carbonyl (C=O) groups excluding carboxylic acids is 1. The number of rotatable bonds is 6. The summed E-state index contributed by atoms with van der Waals surface area (Å²) in [7, 11) is 0. The van der Waals surface area contributed by atoms with Crippen molar-refractivity contribution in [2.45, 2.75) is 6.92 Å². The second-order valence-corrected chi connectivity index (χ2v) is 4.02. The number of nitro benzene ring substituents is 1. The number of hydrogen-bond acceptors (Lipinski definition) is 4. The molecule has 0 saturated heterocycles. The van der Waals surface area contributed by atoms with Gasteiger partial charge in [0.2, 0.25) is 0 Å². The molecule has 1 aromatic rings. The first kappa shape index (κ1) is 14.8. The highest BCUT2D eigenvalue weighted by Crippen LogP contribution is 2.18. The van der Waals surface area contributed by atoms with Crippen LogP contribution in [0.15, 0.2) is 30.9 Å². The van der Waals surface area contributed by atoms with Crippen molar-refractivity contribution in [2.24, 2.45) is 0 Å². The van der Waals surface area contributed by atoms with Crippen LogP contribution in [-0.2, 0) is 0 Å². The third-order valence-corrected chi connectivity index (χ3v) is 2.66. The van der Waals surface area contributed by atoms with E-state index in [9.17, 15) is 14.9 Å². The van der Waals surface area contributed by atoms with Gasteiger partial charge in [0, 0.05) is 30.8 Å². The minimum atomic E-state index is -0.503. The van der Waals surface area contributed by atoms with Crippen molar-refractivity contribution < 1.29 is 14.8 Å². The van der Waals surface area contributed by atoms with Gasteiger partial charge < -0.3 is 10.0 Å². The predicted molar refractivity (Wildman–Crippen MR) is 71.0 cm³/mol. The molecule has 0 atom stereocenters. The largest absolute Gasteiger partial charge is 0.395 e. The summed E-state index contributed by atoms with van der Waals surface area (Å²) in [6, 6.07) is 4.09. The molecule has 0 aliphatic heterocycles. The van der Waals surface area contributed by atoms with E-state index in [-0.39, 0.29) is 24.7 Å². The lowest BCUT2D eigenvalue weighted by Crippen LogP contribution is -2.34. The Balaban J connectivity index is 3.04. The standard InChI is InChI=1S/C13H16N2O4/c1-3-6-14(7-8-16)13(17)12-5-4-11(15(18)19)9-10(12)2/h3-5,9,16H,1,6-8H2,2H3. The second kappa shape index (κ2) is 6.65. The summed E-state index contributed by atoms with van der Waals surface area (Å²) in [5, 5.41) is 19.6. The van der Waals surface area contributed by atoms with E-state index in [2.05, 4.69) is 6.58 Å². The Hall–Kier alpha value is -2.21. The summed E-state index contributed by atoms with van der Waals surface area (Å²) >= 11 is 0. The van der Waals surface area contributed by atoms with Gasteiger partial charge >= 0.3 is 0 Å². The van der Waals surface area contributed by atoms with Crippen LogP contribution in [-0.4, -0.2) is 40.5 Å². The maximum Gasteiger partial charge on any atom is 0.269 e. The highest BCUT2D eigenvalue weighted by Gasteiger charge is 2.18. The fraction of sp³-hybridized carbons (Fsp3) is 0.308. The van der Waals surface area contributed by atoms with Crippen molar-refractivity contribution in [1.29, 1.82) is 0 Å². The fourth-order valence-electron chi connectivity index (χ4n) is 1.72. The Kier molecular flexibility index (Phi) is 5.20. The van der Waals surface area contributed by atoms with Gasteiger partial charge in [-0.25, -0.2) is 0 Å². The van der Waals surface area contributed by atoms with Gasteiger partial charge in [-0.2, -0.15) is 0 Å². The Morgan fingerprint density at radius 1 is 1.58 bits per heavy atom. The quantitative estimate of drug-likeness (QED) is 0.479. The molecule has 6 nitrogen and oxygen atoms in total. The SMILES string of the molecule is C=CCN(CCO)C(=O)c1ccc([N+](=O)[O-])cc1C. The maximum atomic E-state index is 12.2. The monoisotopic (exact) mass is 264 g/mol. The van der Waals surface area contributed by atoms with Crippen LogP contribution >= 0.6 is 0 Å². The first-order valence-electron chi connectivity index (χ1n) is 5.77. The number of benzene rings is 1. The van der Waals surface area contributed by atoms with Gasteiger partial charge in [0.05, 0.1) is 11.5 Å². The molecule has 0 spiro atoms. The van der Waals surface area contributed by atoms with E-state index in [0.29, 0.717) is 17.7 Å². The first-order valence-corrected chi connectivity index (χ1v) is 5.77. The van der Waals surface area contributed by atoms with Gasteiger partial charge in [0.15, 0.2) is 0 Å². The molecule has 0 radical (unpaired) electrons. The van der Waals surface area contributed by atoms with Gasteiger partial charge in [-0.1, -0.05) is 6.08 Å². The van der Waals surface area contributed by atoms with Crippen LogP contribution in [0.3, 0.4) is 0 Å². The van der Waals surface area contributed by atoms with Crippen LogP contribution in [0.5, 0.6) is 0 Å². The lowest BCUT2D eigenvalue weighted by molar-refractivity contribution is -0.384. The van der Waals surface area contributed by atoms with E-state index >= 15 is 0 Å². The zero-order valence-corrected chi connectivity index (χ0v) is 10.7. The minimum absolute atomic E-state index is 0.0496. The number of nitro groups is 1. The number of non-ortho nitro benzene ring substituents is 1.